The Balaban J connectivity index is 2.91. The summed E-state index contributed by atoms with van der Waals surface area (Å²) in [7, 11) is 0. The summed E-state index contributed by atoms with van der Waals surface area (Å²) in [6.45, 7) is 0. The van der Waals surface area contributed by atoms with Crippen LogP contribution >= 0.6 is 0 Å². The highest BCUT2D eigenvalue weighted by Gasteiger charge is 1.95. The molecule has 3 heteroatoms. The zero-order valence-electron chi connectivity index (χ0n) is 5.78. The lowest BCUT2D eigenvalue weighted by atomic mass is 10.2. The second kappa shape index (κ2) is 2.20. The van der Waals surface area contributed by atoms with Crippen molar-refractivity contribution < 1.29 is 0 Å². The Bertz CT molecular complexity index is 378. The van der Waals surface area contributed by atoms with E-state index in [2.05, 4.69) is 16.3 Å². The van der Waals surface area contributed by atoms with Crippen molar-refractivity contribution >= 4 is 16.6 Å². The van der Waals surface area contributed by atoms with E-state index in [0.717, 1.165) is 10.8 Å². The minimum atomic E-state index is 0.458. The van der Waals surface area contributed by atoms with Crippen LogP contribution in [0.1, 0.15) is 0 Å². The molecule has 0 fully saturated rings. The fourth-order valence-corrected chi connectivity index (χ4v) is 0.984. The van der Waals surface area contributed by atoms with Gasteiger partial charge in [0, 0.05) is 10.8 Å². The summed E-state index contributed by atoms with van der Waals surface area (Å²) in [5.41, 5.74) is 5.56. The largest absolute Gasteiger partial charge is 0.382 e. The van der Waals surface area contributed by atoms with Gasteiger partial charge < -0.3 is 5.73 Å². The maximum Gasteiger partial charge on any atom is 0.153 e. The molecule has 0 unspecified atom stereocenters. The number of nitrogens with zero attached hydrogens (tertiary/aromatic N) is 2. The Morgan fingerprint density at radius 2 is 2.36 bits per heavy atom. The van der Waals surface area contributed by atoms with E-state index in [4.69, 9.17) is 5.73 Å². The smallest absolute Gasteiger partial charge is 0.153 e. The highest BCUT2D eigenvalue weighted by molar-refractivity contribution is 5.89. The Labute approximate surface area is 63.9 Å². The van der Waals surface area contributed by atoms with E-state index in [1.807, 2.05) is 12.1 Å². The number of nitrogens with two attached hydrogens (primary N) is 1. The molecule has 3 nitrogen and oxygen atoms in total. The van der Waals surface area contributed by atoms with E-state index in [1.54, 1.807) is 12.3 Å². The number of hydrogen-bond donors (Lipinski definition) is 1. The number of aromatic nitrogens is 2. The zero-order chi connectivity index (χ0) is 7.68. The molecular weight excluding hydrogens is 138 g/mol. The van der Waals surface area contributed by atoms with E-state index in [1.165, 1.54) is 0 Å². The van der Waals surface area contributed by atoms with Gasteiger partial charge >= 0.3 is 0 Å². The first-order chi connectivity index (χ1) is 5.38. The van der Waals surface area contributed by atoms with Gasteiger partial charge in [-0.15, -0.1) is 5.10 Å². The molecule has 0 aliphatic carbocycles. The summed E-state index contributed by atoms with van der Waals surface area (Å²) in [6, 6.07) is 8.46. The van der Waals surface area contributed by atoms with Crippen molar-refractivity contribution in [3.63, 3.8) is 0 Å². The molecular formula is C8H6N3. The molecule has 1 aromatic carbocycles. The second-order valence-corrected chi connectivity index (χ2v) is 2.24. The molecule has 0 saturated carbocycles. The van der Waals surface area contributed by atoms with Gasteiger partial charge in [-0.1, -0.05) is 12.1 Å². The number of anilines is 1. The number of nitrogen functional groups attached to an aromatic ring is 1. The maximum atomic E-state index is 5.56. The monoisotopic (exact) mass is 144 g/mol. The van der Waals surface area contributed by atoms with Crippen molar-refractivity contribution in [1.82, 2.24) is 10.2 Å². The Morgan fingerprint density at radius 3 is 3.18 bits per heavy atom. The van der Waals surface area contributed by atoms with Gasteiger partial charge in [-0.05, 0) is 12.1 Å². The molecule has 2 N–H and O–H groups in total. The van der Waals surface area contributed by atoms with Crippen LogP contribution in [-0.2, 0) is 0 Å². The molecule has 2 rings (SSSR count). The van der Waals surface area contributed by atoms with Gasteiger partial charge in [0.25, 0.3) is 0 Å². The van der Waals surface area contributed by atoms with Crippen LogP contribution in [0.5, 0.6) is 0 Å². The van der Waals surface area contributed by atoms with Crippen LogP contribution in [0.3, 0.4) is 0 Å². The van der Waals surface area contributed by atoms with Crippen molar-refractivity contribution in [2.45, 2.75) is 0 Å². The van der Waals surface area contributed by atoms with Gasteiger partial charge in [-0.3, -0.25) is 0 Å². The molecule has 0 aliphatic heterocycles. The molecule has 0 amide bonds. The molecule has 11 heavy (non-hydrogen) atoms. The molecule has 1 aromatic heterocycles. The summed E-state index contributed by atoms with van der Waals surface area (Å²) in [4.78, 5) is 0. The van der Waals surface area contributed by atoms with E-state index in [9.17, 15) is 0 Å². The molecule has 1 heterocycles. The van der Waals surface area contributed by atoms with Crippen LogP contribution in [0.4, 0.5) is 5.82 Å². The molecule has 2 aromatic rings. The highest BCUT2D eigenvalue weighted by atomic mass is 15.1. The average molecular weight is 144 g/mol. The predicted octanol–water partition coefficient (Wildman–Crippen LogP) is 1.01. The van der Waals surface area contributed by atoms with Crippen molar-refractivity contribution in [3.8, 4) is 0 Å². The lowest BCUT2D eigenvalue weighted by Crippen LogP contribution is -1.92. The molecule has 0 bridgehead atoms. The Morgan fingerprint density at radius 1 is 1.45 bits per heavy atom. The molecule has 0 saturated heterocycles. The van der Waals surface area contributed by atoms with Crippen molar-refractivity contribution in [1.29, 1.82) is 0 Å². The molecule has 1 radical (unpaired) electrons. The van der Waals surface area contributed by atoms with E-state index in [0.29, 0.717) is 5.82 Å². The number of hydrogen-bond acceptors (Lipinski definition) is 3. The van der Waals surface area contributed by atoms with Crippen LogP contribution in [0.2, 0.25) is 0 Å². The highest BCUT2D eigenvalue weighted by Crippen LogP contribution is 2.15. The maximum absolute atomic E-state index is 5.56. The lowest BCUT2D eigenvalue weighted by Gasteiger charge is -1.96. The third-order valence-electron chi connectivity index (χ3n) is 1.54. The van der Waals surface area contributed by atoms with Crippen LogP contribution in [0, 0.1) is 6.07 Å². The topological polar surface area (TPSA) is 51.8 Å². The average Bonchev–Trinajstić information content (AvgIpc) is 2.06. The first kappa shape index (κ1) is 6.09. The minimum absolute atomic E-state index is 0.458. The summed E-state index contributed by atoms with van der Waals surface area (Å²) >= 11 is 0. The molecule has 0 spiro atoms. The van der Waals surface area contributed by atoms with Gasteiger partial charge in [0.15, 0.2) is 5.82 Å². The minimum Gasteiger partial charge on any atom is -0.382 e. The van der Waals surface area contributed by atoms with Gasteiger partial charge in [0.05, 0.1) is 6.20 Å². The fraction of sp³-hybridized carbons (Fsp3) is 0. The van der Waals surface area contributed by atoms with Gasteiger partial charge in [0.2, 0.25) is 0 Å². The van der Waals surface area contributed by atoms with Crippen LogP contribution in [0.25, 0.3) is 10.8 Å². The summed E-state index contributed by atoms with van der Waals surface area (Å²) < 4.78 is 0. The van der Waals surface area contributed by atoms with Crippen LogP contribution in [-0.4, -0.2) is 10.2 Å². The zero-order valence-corrected chi connectivity index (χ0v) is 5.78. The van der Waals surface area contributed by atoms with Gasteiger partial charge in [0.1, 0.15) is 0 Å². The second-order valence-electron chi connectivity index (χ2n) is 2.24. The first-order valence-corrected chi connectivity index (χ1v) is 3.25. The van der Waals surface area contributed by atoms with E-state index in [-0.39, 0.29) is 0 Å². The third-order valence-corrected chi connectivity index (χ3v) is 1.54. The molecule has 0 aliphatic rings. The third kappa shape index (κ3) is 0.902. The first-order valence-electron chi connectivity index (χ1n) is 3.25. The van der Waals surface area contributed by atoms with Crippen LogP contribution in [0.15, 0.2) is 24.4 Å². The lowest BCUT2D eigenvalue weighted by molar-refractivity contribution is 1.06. The Kier molecular flexibility index (Phi) is 1.22. The summed E-state index contributed by atoms with van der Waals surface area (Å²) in [5, 5.41) is 9.34. The van der Waals surface area contributed by atoms with Gasteiger partial charge in [-0.25, -0.2) is 0 Å². The van der Waals surface area contributed by atoms with E-state index < -0.39 is 0 Å². The predicted molar refractivity (Wildman–Crippen MR) is 42.8 cm³/mol. The summed E-state index contributed by atoms with van der Waals surface area (Å²) in [5.74, 6) is 0.458. The quantitative estimate of drug-likeness (QED) is 0.600. The molecule has 0 atom stereocenters. The number of fused-ring (bicyclic) bond motifs is 1. The van der Waals surface area contributed by atoms with Gasteiger partial charge in [-0.2, -0.15) is 5.10 Å². The normalized spacial score (nSPS) is 10.2. The number of benzene rings is 1. The SMILES string of the molecule is Nc1nncc2cc[c]cc12. The van der Waals surface area contributed by atoms with Crippen molar-refractivity contribution in [3.05, 3.63) is 30.5 Å². The standard InChI is InChI=1S/C8H6N3/c9-8-7-4-2-1-3-6(7)5-10-11-8/h1,3-5H,(H2,9,11). The van der Waals surface area contributed by atoms with Crippen LogP contribution < -0.4 is 5.73 Å². The molecule has 53 valence electrons. The number of rotatable bonds is 0. The summed E-state index contributed by atoms with van der Waals surface area (Å²) in [6.07, 6.45) is 1.68. The fourth-order valence-electron chi connectivity index (χ4n) is 0.984. The van der Waals surface area contributed by atoms with Crippen molar-refractivity contribution in [2.75, 3.05) is 5.73 Å². The van der Waals surface area contributed by atoms with E-state index >= 15 is 0 Å². The Hall–Kier alpha value is -1.64. The van der Waals surface area contributed by atoms with Crippen molar-refractivity contribution in [2.24, 2.45) is 0 Å².